The lowest BCUT2D eigenvalue weighted by atomic mass is 9.96. The van der Waals surface area contributed by atoms with Crippen molar-refractivity contribution in [3.63, 3.8) is 0 Å². The Labute approximate surface area is 86.9 Å². The molecule has 1 aliphatic rings. The Morgan fingerprint density at radius 2 is 2.27 bits per heavy atom. The third-order valence-corrected chi connectivity index (χ3v) is 2.54. The van der Waals surface area contributed by atoms with Crippen LogP contribution < -0.4 is 5.32 Å². The summed E-state index contributed by atoms with van der Waals surface area (Å²) >= 11 is 0. The molecule has 1 aromatic carbocycles. The Morgan fingerprint density at radius 1 is 1.53 bits per heavy atom. The first-order chi connectivity index (χ1) is 7.08. The molecule has 0 radical (unpaired) electrons. The van der Waals surface area contributed by atoms with Gasteiger partial charge in [-0.25, -0.2) is 0 Å². The number of carboxylic acids is 1. The smallest absolute Gasteiger partial charge is 0.304 e. The fourth-order valence-electron chi connectivity index (χ4n) is 1.82. The predicted octanol–water partition coefficient (Wildman–Crippen LogP) is 1.51. The summed E-state index contributed by atoms with van der Waals surface area (Å²) in [5.41, 5.74) is 2.57. The van der Waals surface area contributed by atoms with Crippen molar-refractivity contribution in [3.05, 3.63) is 29.3 Å². The molecule has 0 spiro atoms. The van der Waals surface area contributed by atoms with E-state index in [1.54, 1.807) is 0 Å². The molecule has 0 saturated carbocycles. The van der Waals surface area contributed by atoms with E-state index in [-0.39, 0.29) is 12.3 Å². The average Bonchev–Trinajstić information content (AvgIpc) is 2.41. The molecule has 4 nitrogen and oxygen atoms in total. The molecule has 0 fully saturated rings. The number of hydrogen-bond acceptors (Lipinski definition) is 2. The zero-order valence-electron chi connectivity index (χ0n) is 8.28. The van der Waals surface area contributed by atoms with Crippen LogP contribution in [0.5, 0.6) is 0 Å². The normalized spacial score (nSPS) is 18.5. The van der Waals surface area contributed by atoms with E-state index in [9.17, 15) is 9.59 Å². The maximum Gasteiger partial charge on any atom is 0.304 e. The van der Waals surface area contributed by atoms with Gasteiger partial charge in [0.1, 0.15) is 0 Å². The Morgan fingerprint density at radius 3 is 2.93 bits per heavy atom. The Kier molecular flexibility index (Phi) is 2.19. The maximum absolute atomic E-state index is 11.5. The number of hydrogen-bond donors (Lipinski definition) is 2. The molecule has 0 bridgehead atoms. The molecule has 1 aliphatic heterocycles. The summed E-state index contributed by atoms with van der Waals surface area (Å²) < 4.78 is 0. The molecular formula is C11H11NO3. The summed E-state index contributed by atoms with van der Waals surface area (Å²) in [6.07, 6.45) is -0.151. The highest BCUT2D eigenvalue weighted by atomic mass is 16.4. The van der Waals surface area contributed by atoms with Crippen molar-refractivity contribution in [2.75, 3.05) is 5.32 Å². The lowest BCUT2D eigenvalue weighted by Gasteiger charge is -2.04. The number of rotatable bonds is 2. The Hall–Kier alpha value is -1.84. The second-order valence-corrected chi connectivity index (χ2v) is 3.73. The molecule has 2 rings (SSSR count). The van der Waals surface area contributed by atoms with Crippen molar-refractivity contribution in [2.45, 2.75) is 19.3 Å². The van der Waals surface area contributed by atoms with Crippen molar-refractivity contribution in [3.8, 4) is 0 Å². The van der Waals surface area contributed by atoms with Gasteiger partial charge in [-0.3, -0.25) is 9.59 Å². The van der Waals surface area contributed by atoms with Crippen LogP contribution >= 0.6 is 0 Å². The average molecular weight is 205 g/mol. The third kappa shape index (κ3) is 1.70. The Bertz CT molecular complexity index is 439. The van der Waals surface area contributed by atoms with Gasteiger partial charge in [0, 0.05) is 5.69 Å². The van der Waals surface area contributed by atoms with E-state index in [0.717, 1.165) is 16.8 Å². The van der Waals surface area contributed by atoms with Gasteiger partial charge in [-0.05, 0) is 24.1 Å². The number of amides is 1. The molecule has 1 heterocycles. The second kappa shape index (κ2) is 3.38. The summed E-state index contributed by atoms with van der Waals surface area (Å²) in [5, 5.41) is 11.4. The van der Waals surface area contributed by atoms with Crippen LogP contribution in [-0.4, -0.2) is 17.0 Å². The molecular weight excluding hydrogens is 194 g/mol. The number of anilines is 1. The molecule has 2 N–H and O–H groups in total. The molecule has 0 aliphatic carbocycles. The maximum atomic E-state index is 11.5. The van der Waals surface area contributed by atoms with E-state index in [4.69, 9.17) is 5.11 Å². The molecule has 1 atom stereocenters. The first-order valence-electron chi connectivity index (χ1n) is 4.71. The summed E-state index contributed by atoms with van der Waals surface area (Å²) in [4.78, 5) is 22.1. The molecule has 4 heteroatoms. The SMILES string of the molecule is Cc1ccc2c(c1)NC(=O)C2CC(=O)O. The molecule has 1 aromatic rings. The first kappa shape index (κ1) is 9.71. The van der Waals surface area contributed by atoms with E-state index in [1.165, 1.54) is 0 Å². The second-order valence-electron chi connectivity index (χ2n) is 3.73. The van der Waals surface area contributed by atoms with Gasteiger partial charge in [0.05, 0.1) is 12.3 Å². The molecule has 1 amide bonds. The topological polar surface area (TPSA) is 66.4 Å². The van der Waals surface area contributed by atoms with Gasteiger partial charge < -0.3 is 10.4 Å². The highest BCUT2D eigenvalue weighted by molar-refractivity contribution is 6.04. The molecule has 15 heavy (non-hydrogen) atoms. The number of fused-ring (bicyclic) bond motifs is 1. The van der Waals surface area contributed by atoms with Crippen molar-refractivity contribution in [2.24, 2.45) is 0 Å². The van der Waals surface area contributed by atoms with Crippen LogP contribution in [0.3, 0.4) is 0 Å². The quantitative estimate of drug-likeness (QED) is 0.769. The number of aryl methyl sites for hydroxylation is 1. The lowest BCUT2D eigenvalue weighted by Crippen LogP contribution is -2.15. The Balaban J connectivity index is 2.37. The number of carbonyl (C=O) groups excluding carboxylic acids is 1. The fraction of sp³-hybridized carbons (Fsp3) is 0.273. The molecule has 0 aromatic heterocycles. The van der Waals surface area contributed by atoms with Crippen molar-refractivity contribution in [1.82, 2.24) is 0 Å². The molecule has 0 saturated heterocycles. The van der Waals surface area contributed by atoms with Gasteiger partial charge >= 0.3 is 5.97 Å². The summed E-state index contributed by atoms with van der Waals surface area (Å²) in [5.74, 6) is -1.72. The van der Waals surface area contributed by atoms with Crippen LogP contribution in [0.4, 0.5) is 5.69 Å². The minimum atomic E-state index is -0.955. The monoisotopic (exact) mass is 205 g/mol. The number of aliphatic carboxylic acids is 1. The minimum Gasteiger partial charge on any atom is -0.481 e. The van der Waals surface area contributed by atoms with Crippen molar-refractivity contribution >= 4 is 17.6 Å². The number of benzene rings is 1. The van der Waals surface area contributed by atoms with E-state index in [1.807, 2.05) is 25.1 Å². The van der Waals surface area contributed by atoms with Gasteiger partial charge in [-0.1, -0.05) is 12.1 Å². The summed E-state index contributed by atoms with van der Waals surface area (Å²) in [7, 11) is 0. The number of carboxylic acid groups (broad SMARTS) is 1. The van der Waals surface area contributed by atoms with Gasteiger partial charge in [-0.15, -0.1) is 0 Å². The molecule has 78 valence electrons. The van der Waals surface area contributed by atoms with Gasteiger partial charge in [0.25, 0.3) is 0 Å². The predicted molar refractivity (Wildman–Crippen MR) is 54.8 cm³/mol. The largest absolute Gasteiger partial charge is 0.481 e. The number of nitrogens with one attached hydrogen (secondary N) is 1. The number of carbonyl (C=O) groups is 2. The van der Waals surface area contributed by atoms with Crippen LogP contribution in [0.1, 0.15) is 23.5 Å². The van der Waals surface area contributed by atoms with Crippen molar-refractivity contribution in [1.29, 1.82) is 0 Å². The fourth-order valence-corrected chi connectivity index (χ4v) is 1.82. The van der Waals surface area contributed by atoms with Crippen LogP contribution in [-0.2, 0) is 9.59 Å². The summed E-state index contributed by atoms with van der Waals surface area (Å²) in [6, 6.07) is 5.55. The van der Waals surface area contributed by atoms with Gasteiger partial charge in [0.2, 0.25) is 5.91 Å². The molecule has 1 unspecified atom stereocenters. The zero-order valence-corrected chi connectivity index (χ0v) is 8.28. The highest BCUT2D eigenvalue weighted by Gasteiger charge is 2.31. The van der Waals surface area contributed by atoms with Gasteiger partial charge in [-0.2, -0.15) is 0 Å². The third-order valence-electron chi connectivity index (χ3n) is 2.54. The minimum absolute atomic E-state index is 0.151. The van der Waals surface area contributed by atoms with Crippen molar-refractivity contribution < 1.29 is 14.7 Å². The van der Waals surface area contributed by atoms with E-state index in [2.05, 4.69) is 5.32 Å². The van der Waals surface area contributed by atoms with E-state index < -0.39 is 11.9 Å². The standard InChI is InChI=1S/C11H11NO3/c1-6-2-3-7-8(5-10(13)14)11(15)12-9(7)4-6/h2-4,8H,5H2,1H3,(H,12,15)(H,13,14). The van der Waals surface area contributed by atoms with E-state index >= 15 is 0 Å². The highest BCUT2D eigenvalue weighted by Crippen LogP contribution is 2.34. The van der Waals surface area contributed by atoms with E-state index in [0.29, 0.717) is 0 Å². The van der Waals surface area contributed by atoms with Crippen LogP contribution in [0.2, 0.25) is 0 Å². The van der Waals surface area contributed by atoms with Crippen LogP contribution in [0.25, 0.3) is 0 Å². The first-order valence-corrected chi connectivity index (χ1v) is 4.71. The van der Waals surface area contributed by atoms with Gasteiger partial charge in [0.15, 0.2) is 0 Å². The lowest BCUT2D eigenvalue weighted by molar-refractivity contribution is -0.138. The van der Waals surface area contributed by atoms with Crippen LogP contribution in [0, 0.1) is 6.92 Å². The van der Waals surface area contributed by atoms with Crippen LogP contribution in [0.15, 0.2) is 18.2 Å². The zero-order chi connectivity index (χ0) is 11.0. The summed E-state index contributed by atoms with van der Waals surface area (Å²) in [6.45, 7) is 1.93.